The summed E-state index contributed by atoms with van der Waals surface area (Å²) in [5, 5.41) is 10.3. The lowest BCUT2D eigenvalue weighted by atomic mass is 9.81. The first kappa shape index (κ1) is 35.8. The summed E-state index contributed by atoms with van der Waals surface area (Å²) in [6.45, 7) is 4.73. The molecule has 0 N–H and O–H groups in total. The average molecular weight is 803 g/mol. The first-order valence-electron chi connectivity index (χ1n) is 22.0. The minimum Gasteiger partial charge on any atom is -0.311 e. The topological polar surface area (TPSA) is 8.17 Å². The number of hydrogen-bond donors (Lipinski definition) is 0. The summed E-state index contributed by atoms with van der Waals surface area (Å²) >= 11 is 0. The molecule has 0 radical (unpaired) electrons. The molecule has 0 aliphatic heterocycles. The van der Waals surface area contributed by atoms with Crippen LogP contribution in [0.15, 0.2) is 218 Å². The molecule has 0 fully saturated rings. The molecular weight excluding hydrogens is 761 g/mol. The van der Waals surface area contributed by atoms with Gasteiger partial charge in [-0.15, -0.1) is 0 Å². The zero-order chi connectivity index (χ0) is 41.8. The van der Waals surface area contributed by atoms with Crippen molar-refractivity contribution in [2.75, 3.05) is 4.90 Å². The molecule has 0 bridgehead atoms. The van der Waals surface area contributed by atoms with Crippen molar-refractivity contribution in [3.05, 3.63) is 230 Å². The molecule has 1 heterocycles. The molecule has 1 aliphatic carbocycles. The number of fused-ring (bicyclic) bond motifs is 7. The Bertz CT molecular complexity index is 3690. The average Bonchev–Trinajstić information content (AvgIpc) is 3.79. The van der Waals surface area contributed by atoms with E-state index in [-0.39, 0.29) is 5.41 Å². The van der Waals surface area contributed by atoms with Gasteiger partial charge in [0.15, 0.2) is 0 Å². The summed E-state index contributed by atoms with van der Waals surface area (Å²) in [5.41, 5.74) is 17.4. The van der Waals surface area contributed by atoms with Crippen molar-refractivity contribution < 1.29 is 0 Å². The van der Waals surface area contributed by atoms with Crippen molar-refractivity contribution in [3.8, 4) is 39.1 Å². The molecule has 0 saturated carbocycles. The van der Waals surface area contributed by atoms with E-state index in [0.717, 1.165) is 17.1 Å². The van der Waals surface area contributed by atoms with Gasteiger partial charge >= 0.3 is 0 Å². The maximum atomic E-state index is 2.46. The molecule has 0 unspecified atom stereocenters. The summed E-state index contributed by atoms with van der Waals surface area (Å²) in [4.78, 5) is 2.32. The van der Waals surface area contributed by atoms with E-state index in [2.05, 4.69) is 242 Å². The number of anilines is 3. The highest BCUT2D eigenvalue weighted by Crippen LogP contribution is 2.51. The molecule has 0 saturated heterocycles. The molecule has 296 valence electrons. The normalized spacial score (nSPS) is 13.0. The molecule has 1 aliphatic rings. The van der Waals surface area contributed by atoms with E-state index in [1.165, 1.54) is 104 Å². The lowest BCUT2D eigenvalue weighted by Gasteiger charge is -2.25. The van der Waals surface area contributed by atoms with E-state index >= 15 is 0 Å². The van der Waals surface area contributed by atoms with Crippen LogP contribution in [0, 0.1) is 0 Å². The van der Waals surface area contributed by atoms with Gasteiger partial charge in [-0.1, -0.05) is 159 Å². The van der Waals surface area contributed by atoms with Crippen LogP contribution < -0.4 is 4.90 Å². The van der Waals surface area contributed by atoms with Crippen LogP contribution in [0.5, 0.6) is 0 Å². The molecule has 2 nitrogen and oxygen atoms in total. The molecule has 12 aromatic rings. The summed E-state index contributed by atoms with van der Waals surface area (Å²) in [5.74, 6) is 0. The number of benzene rings is 11. The van der Waals surface area contributed by atoms with Gasteiger partial charge in [0, 0.05) is 38.9 Å². The van der Waals surface area contributed by atoms with E-state index in [1.54, 1.807) is 0 Å². The van der Waals surface area contributed by atoms with Crippen LogP contribution in [0.25, 0.3) is 93.2 Å². The van der Waals surface area contributed by atoms with Gasteiger partial charge in [-0.25, -0.2) is 0 Å². The number of rotatable bonds is 6. The van der Waals surface area contributed by atoms with Crippen molar-refractivity contribution in [2.45, 2.75) is 19.3 Å². The van der Waals surface area contributed by atoms with Gasteiger partial charge in [-0.05, 0) is 150 Å². The maximum absolute atomic E-state index is 2.46. The third kappa shape index (κ3) is 5.31. The van der Waals surface area contributed by atoms with E-state index < -0.39 is 0 Å². The van der Waals surface area contributed by atoms with Crippen LogP contribution in [-0.4, -0.2) is 4.57 Å². The van der Waals surface area contributed by atoms with Gasteiger partial charge < -0.3 is 9.47 Å². The lowest BCUT2D eigenvalue weighted by molar-refractivity contribution is 0.660. The maximum Gasteiger partial charge on any atom is 0.0553 e. The van der Waals surface area contributed by atoms with E-state index in [0.29, 0.717) is 0 Å². The van der Waals surface area contributed by atoms with Crippen LogP contribution in [0.3, 0.4) is 0 Å². The first-order chi connectivity index (χ1) is 31.0. The molecule has 1 aromatic heterocycles. The van der Waals surface area contributed by atoms with E-state index in [9.17, 15) is 0 Å². The molecule has 0 atom stereocenters. The van der Waals surface area contributed by atoms with Gasteiger partial charge in [0.2, 0.25) is 0 Å². The predicted molar refractivity (Wildman–Crippen MR) is 268 cm³/mol. The fourth-order valence-electron chi connectivity index (χ4n) is 10.9. The molecule has 13 rings (SSSR count). The zero-order valence-corrected chi connectivity index (χ0v) is 35.2. The Hall–Kier alpha value is -7.94. The Balaban J connectivity index is 1.000. The number of para-hydroxylation sites is 3. The van der Waals surface area contributed by atoms with Crippen LogP contribution in [0.4, 0.5) is 17.1 Å². The third-order valence-corrected chi connectivity index (χ3v) is 13.9. The van der Waals surface area contributed by atoms with Gasteiger partial charge in [0.1, 0.15) is 0 Å². The smallest absolute Gasteiger partial charge is 0.0553 e. The summed E-state index contributed by atoms with van der Waals surface area (Å²) in [6, 6.07) is 80.8. The number of aromatic nitrogens is 1. The van der Waals surface area contributed by atoms with Crippen molar-refractivity contribution in [1.82, 2.24) is 4.57 Å². The monoisotopic (exact) mass is 802 g/mol. The Kier molecular flexibility index (Phi) is 7.68. The quantitative estimate of drug-likeness (QED) is 0.152. The fourth-order valence-corrected chi connectivity index (χ4v) is 10.9. The number of hydrogen-bond acceptors (Lipinski definition) is 1. The van der Waals surface area contributed by atoms with Crippen LogP contribution >= 0.6 is 0 Å². The van der Waals surface area contributed by atoms with Gasteiger partial charge in [-0.3, -0.25) is 0 Å². The second kappa shape index (κ2) is 13.5. The van der Waals surface area contributed by atoms with Crippen molar-refractivity contribution in [1.29, 1.82) is 0 Å². The zero-order valence-electron chi connectivity index (χ0n) is 35.2. The second-order valence-electron chi connectivity index (χ2n) is 17.7. The standard InChI is InChI=1S/C61H42N2/c1-61(2)54-21-13-12-20-49(54)50-32-26-42(37-55(50)61)41-28-35-56-53(36-41)60-52-34-25-40-24-31-48(51-33-27-43(59(52)58(40)51)38-57(60)63(56)46-18-10-5-11-19-46)39-22-29-47(30-23-39)62(44-14-6-3-7-15-44)45-16-8-4-9-17-45/h3-38H,1-2H3. The highest BCUT2D eigenvalue weighted by atomic mass is 15.1. The van der Waals surface area contributed by atoms with Gasteiger partial charge in [0.05, 0.1) is 11.0 Å². The van der Waals surface area contributed by atoms with Crippen LogP contribution in [-0.2, 0) is 5.41 Å². The predicted octanol–water partition coefficient (Wildman–Crippen LogP) is 16.8. The number of nitrogens with zero attached hydrogens (tertiary/aromatic N) is 2. The Labute approximate surface area is 366 Å². The highest BCUT2D eigenvalue weighted by Gasteiger charge is 2.35. The SMILES string of the molecule is CC1(C)c2ccccc2-c2ccc(-c3ccc4c(c3)c3c5ccc6ccc(-c7ccc(N(c8ccccc8)c8ccccc8)cc7)c7ccc(cc3n4-c3ccccc3)c5c67)cc21. The largest absolute Gasteiger partial charge is 0.311 e. The summed E-state index contributed by atoms with van der Waals surface area (Å²) in [7, 11) is 0. The Morgan fingerprint density at radius 3 is 1.67 bits per heavy atom. The minimum absolute atomic E-state index is 0.0619. The third-order valence-electron chi connectivity index (χ3n) is 13.9. The highest BCUT2D eigenvalue weighted by molar-refractivity contribution is 6.34. The molecule has 0 spiro atoms. The lowest BCUT2D eigenvalue weighted by Crippen LogP contribution is -2.14. The van der Waals surface area contributed by atoms with Crippen molar-refractivity contribution in [2.24, 2.45) is 0 Å². The molecule has 0 amide bonds. The first-order valence-corrected chi connectivity index (χ1v) is 22.0. The van der Waals surface area contributed by atoms with E-state index in [4.69, 9.17) is 0 Å². The fraction of sp³-hybridized carbons (Fsp3) is 0.0492. The van der Waals surface area contributed by atoms with Gasteiger partial charge in [0.25, 0.3) is 0 Å². The molecular formula is C61H42N2. The summed E-state index contributed by atoms with van der Waals surface area (Å²) < 4.78 is 2.46. The van der Waals surface area contributed by atoms with Crippen LogP contribution in [0.1, 0.15) is 25.0 Å². The minimum atomic E-state index is -0.0619. The van der Waals surface area contributed by atoms with E-state index in [1.807, 2.05) is 0 Å². The Morgan fingerprint density at radius 1 is 0.349 bits per heavy atom. The second-order valence-corrected chi connectivity index (χ2v) is 17.7. The molecule has 11 aromatic carbocycles. The van der Waals surface area contributed by atoms with Crippen molar-refractivity contribution in [3.63, 3.8) is 0 Å². The Morgan fingerprint density at radius 2 is 0.905 bits per heavy atom. The van der Waals surface area contributed by atoms with Crippen molar-refractivity contribution >= 4 is 71.2 Å². The van der Waals surface area contributed by atoms with Crippen LogP contribution in [0.2, 0.25) is 0 Å². The molecule has 63 heavy (non-hydrogen) atoms. The summed E-state index contributed by atoms with van der Waals surface area (Å²) in [6.07, 6.45) is 0. The molecule has 2 heteroatoms. The van der Waals surface area contributed by atoms with Gasteiger partial charge in [-0.2, -0.15) is 0 Å².